The van der Waals surface area contributed by atoms with Crippen LogP contribution in [0, 0.1) is 11.5 Å². The number of sulfone groups is 1. The Balaban J connectivity index is 2.35. The minimum atomic E-state index is -3.69. The van der Waals surface area contributed by atoms with Crippen molar-refractivity contribution in [3.63, 3.8) is 0 Å². The van der Waals surface area contributed by atoms with Crippen LogP contribution < -0.4 is 10.6 Å². The van der Waals surface area contributed by atoms with Crippen LogP contribution in [0.15, 0.2) is 58.3 Å². The molecular weight excluding hydrogens is 342 g/mol. The third-order valence-corrected chi connectivity index (χ3v) is 5.16. The van der Waals surface area contributed by atoms with Crippen molar-refractivity contribution in [3.8, 4) is 6.19 Å². The topological polar surface area (TPSA) is 82.0 Å². The quantitative estimate of drug-likeness (QED) is 0.502. The van der Waals surface area contributed by atoms with Crippen LogP contribution in [0.1, 0.15) is 0 Å². The minimum absolute atomic E-state index is 0.00470. The van der Waals surface area contributed by atoms with E-state index in [0.29, 0.717) is 5.69 Å². The number of hydrogen-bond acceptors (Lipinski definition) is 4. The summed E-state index contributed by atoms with van der Waals surface area (Å²) < 4.78 is 25.0. The van der Waals surface area contributed by atoms with Crippen molar-refractivity contribution < 1.29 is 8.42 Å². The fraction of sp³-hybridized carbons (Fsp3) is 0. The van der Waals surface area contributed by atoms with Crippen molar-refractivity contribution in [1.82, 2.24) is 5.32 Å². The molecule has 0 atom stereocenters. The van der Waals surface area contributed by atoms with Gasteiger partial charge in [0.05, 0.1) is 14.8 Å². The molecule has 0 aliphatic rings. The molecule has 2 aromatic rings. The average molecular weight is 352 g/mol. The monoisotopic (exact) mass is 351 g/mol. The molecule has 5 nitrogen and oxygen atoms in total. The van der Waals surface area contributed by atoms with Crippen molar-refractivity contribution in [2.45, 2.75) is 9.79 Å². The molecule has 0 aliphatic heterocycles. The lowest BCUT2D eigenvalue weighted by Gasteiger charge is -2.10. The molecule has 0 saturated heterocycles. The highest BCUT2D eigenvalue weighted by Crippen LogP contribution is 2.29. The van der Waals surface area contributed by atoms with Crippen LogP contribution in [0.3, 0.4) is 0 Å². The highest BCUT2D eigenvalue weighted by atomic mass is 35.5. The van der Waals surface area contributed by atoms with Gasteiger partial charge >= 0.3 is 0 Å². The number of nitrogens with one attached hydrogen (secondary N) is 2. The molecule has 0 spiro atoms. The zero-order valence-corrected chi connectivity index (χ0v) is 13.5. The highest BCUT2D eigenvalue weighted by molar-refractivity contribution is 7.91. The van der Waals surface area contributed by atoms with Gasteiger partial charge in [0.15, 0.2) is 11.3 Å². The molecule has 22 heavy (non-hydrogen) atoms. The molecular formula is C14H10ClN3O2S2. The average Bonchev–Trinajstić information content (AvgIpc) is 2.48. The Kier molecular flexibility index (Phi) is 4.98. The van der Waals surface area contributed by atoms with Gasteiger partial charge in [-0.15, -0.1) is 0 Å². The standard InChI is InChI=1S/C14H10ClN3O2S2/c15-12-8-10(18-14(21)17-9-16)6-7-13(12)22(19,20)11-4-2-1-3-5-11/h1-8H,(H2,17,18,21). The maximum Gasteiger partial charge on any atom is 0.208 e. The van der Waals surface area contributed by atoms with E-state index in [2.05, 4.69) is 10.6 Å². The smallest absolute Gasteiger partial charge is 0.208 e. The van der Waals surface area contributed by atoms with Gasteiger partial charge in [0.1, 0.15) is 0 Å². The lowest BCUT2D eigenvalue weighted by molar-refractivity contribution is 0.596. The zero-order valence-electron chi connectivity index (χ0n) is 11.1. The first-order valence-corrected chi connectivity index (χ1v) is 8.28. The summed E-state index contributed by atoms with van der Waals surface area (Å²) in [5, 5.41) is 13.6. The zero-order chi connectivity index (χ0) is 16.2. The second kappa shape index (κ2) is 6.75. The summed E-state index contributed by atoms with van der Waals surface area (Å²) in [5.41, 5.74) is 0.477. The van der Waals surface area contributed by atoms with Gasteiger partial charge in [-0.05, 0) is 42.5 Å². The lowest BCUT2D eigenvalue weighted by atomic mass is 10.3. The van der Waals surface area contributed by atoms with Gasteiger partial charge in [0.2, 0.25) is 9.84 Å². The number of halogens is 1. The van der Waals surface area contributed by atoms with Crippen molar-refractivity contribution in [3.05, 3.63) is 53.6 Å². The Morgan fingerprint density at radius 1 is 1.18 bits per heavy atom. The Morgan fingerprint density at radius 2 is 1.86 bits per heavy atom. The maximum absolute atomic E-state index is 12.5. The lowest BCUT2D eigenvalue weighted by Crippen LogP contribution is -2.23. The second-order valence-electron chi connectivity index (χ2n) is 4.15. The summed E-state index contributed by atoms with van der Waals surface area (Å²) in [6.07, 6.45) is 1.68. The van der Waals surface area contributed by atoms with E-state index < -0.39 is 9.84 Å². The van der Waals surface area contributed by atoms with Gasteiger partial charge < -0.3 is 5.32 Å². The SMILES string of the molecule is N#CNC(=S)Nc1ccc(S(=O)(=O)c2ccccc2)c(Cl)c1. The van der Waals surface area contributed by atoms with Crippen LogP contribution in [0.5, 0.6) is 0 Å². The van der Waals surface area contributed by atoms with E-state index in [0.717, 1.165) is 0 Å². The van der Waals surface area contributed by atoms with Crippen molar-refractivity contribution in [2.75, 3.05) is 5.32 Å². The minimum Gasteiger partial charge on any atom is -0.332 e. The van der Waals surface area contributed by atoms with E-state index in [1.54, 1.807) is 24.4 Å². The fourth-order valence-corrected chi connectivity index (χ4v) is 3.72. The van der Waals surface area contributed by atoms with Crippen LogP contribution in [0.25, 0.3) is 0 Å². The van der Waals surface area contributed by atoms with E-state index in [1.165, 1.54) is 30.3 Å². The first-order chi connectivity index (χ1) is 10.4. The molecule has 8 heteroatoms. The molecule has 0 bridgehead atoms. The van der Waals surface area contributed by atoms with Gasteiger partial charge in [0.25, 0.3) is 0 Å². The van der Waals surface area contributed by atoms with E-state index in [4.69, 9.17) is 29.1 Å². The summed E-state index contributed by atoms with van der Waals surface area (Å²) in [6.45, 7) is 0. The summed E-state index contributed by atoms with van der Waals surface area (Å²) in [5.74, 6) is 0. The largest absolute Gasteiger partial charge is 0.332 e. The molecule has 0 heterocycles. The number of nitrogens with zero attached hydrogens (tertiary/aromatic N) is 1. The highest BCUT2D eigenvalue weighted by Gasteiger charge is 2.20. The molecule has 2 N–H and O–H groups in total. The third kappa shape index (κ3) is 3.54. The third-order valence-electron chi connectivity index (χ3n) is 2.70. The molecule has 0 aromatic heterocycles. The maximum atomic E-state index is 12.5. The molecule has 112 valence electrons. The Morgan fingerprint density at radius 3 is 2.45 bits per heavy atom. The summed E-state index contributed by atoms with van der Waals surface area (Å²) in [6, 6.07) is 12.4. The van der Waals surface area contributed by atoms with Crippen LogP contribution in [-0.2, 0) is 9.84 Å². The van der Waals surface area contributed by atoms with Gasteiger partial charge in [0, 0.05) is 5.69 Å². The first kappa shape index (κ1) is 16.2. The molecule has 2 aromatic carbocycles. The predicted molar refractivity (Wildman–Crippen MR) is 88.3 cm³/mol. The number of anilines is 1. The Hall–Kier alpha value is -2.14. The Labute approximate surface area is 138 Å². The molecule has 2 rings (SSSR count). The Bertz CT molecular complexity index is 846. The van der Waals surface area contributed by atoms with Gasteiger partial charge in [-0.1, -0.05) is 29.8 Å². The molecule has 0 aliphatic carbocycles. The number of hydrogen-bond donors (Lipinski definition) is 2. The molecule has 0 amide bonds. The molecule has 0 unspecified atom stereocenters. The molecule has 0 radical (unpaired) electrons. The van der Waals surface area contributed by atoms with Crippen molar-refractivity contribution in [2.24, 2.45) is 0 Å². The van der Waals surface area contributed by atoms with Crippen LogP contribution in [-0.4, -0.2) is 13.5 Å². The number of nitriles is 1. The number of thiocarbonyl (C=S) groups is 1. The molecule has 0 saturated carbocycles. The van der Waals surface area contributed by atoms with Gasteiger partial charge in [-0.3, -0.25) is 5.32 Å². The van der Waals surface area contributed by atoms with Gasteiger partial charge in [-0.2, -0.15) is 5.26 Å². The number of rotatable bonds is 3. The summed E-state index contributed by atoms with van der Waals surface area (Å²) >= 11 is 10.9. The van der Waals surface area contributed by atoms with E-state index >= 15 is 0 Å². The first-order valence-electron chi connectivity index (χ1n) is 6.01. The van der Waals surface area contributed by atoms with Crippen LogP contribution in [0.2, 0.25) is 5.02 Å². The molecule has 0 fully saturated rings. The second-order valence-corrected chi connectivity index (χ2v) is 6.89. The van der Waals surface area contributed by atoms with E-state index in [9.17, 15) is 8.42 Å². The van der Waals surface area contributed by atoms with Crippen molar-refractivity contribution >= 4 is 44.5 Å². The van der Waals surface area contributed by atoms with E-state index in [1.807, 2.05) is 0 Å². The van der Waals surface area contributed by atoms with Crippen molar-refractivity contribution in [1.29, 1.82) is 5.26 Å². The summed E-state index contributed by atoms with van der Waals surface area (Å²) in [7, 11) is -3.69. The predicted octanol–water partition coefficient (Wildman–Crippen LogP) is 2.94. The fourth-order valence-electron chi connectivity index (χ4n) is 1.74. The van der Waals surface area contributed by atoms with Crippen LogP contribution >= 0.6 is 23.8 Å². The van der Waals surface area contributed by atoms with E-state index in [-0.39, 0.29) is 19.9 Å². The summed E-state index contributed by atoms with van der Waals surface area (Å²) in [4.78, 5) is 0.171. The number of benzene rings is 2. The van der Waals surface area contributed by atoms with Crippen LogP contribution in [0.4, 0.5) is 5.69 Å². The normalized spacial score (nSPS) is 10.5. The van der Waals surface area contributed by atoms with Gasteiger partial charge in [-0.25, -0.2) is 8.42 Å².